The Morgan fingerprint density at radius 1 is 1.31 bits per heavy atom. The zero-order valence-electron chi connectivity index (χ0n) is 13.6. The second-order valence-electron chi connectivity index (χ2n) is 4.88. The minimum absolute atomic E-state index is 0.0119. The highest BCUT2D eigenvalue weighted by molar-refractivity contribution is 5.94. The first-order valence-electron chi connectivity index (χ1n) is 7.45. The molecule has 0 aliphatic heterocycles. The van der Waals surface area contributed by atoms with Gasteiger partial charge in [0.05, 0.1) is 22.8 Å². The van der Waals surface area contributed by atoms with E-state index in [-0.39, 0.29) is 29.3 Å². The van der Waals surface area contributed by atoms with Gasteiger partial charge in [-0.3, -0.25) is 10.1 Å². The van der Waals surface area contributed by atoms with Crippen LogP contribution >= 0.6 is 0 Å². The van der Waals surface area contributed by atoms with Gasteiger partial charge < -0.3 is 9.47 Å². The van der Waals surface area contributed by atoms with Gasteiger partial charge in [0.2, 0.25) is 0 Å². The summed E-state index contributed by atoms with van der Waals surface area (Å²) in [5, 5.41) is 10.9. The van der Waals surface area contributed by atoms with E-state index in [0.29, 0.717) is 5.56 Å². The Morgan fingerprint density at radius 2 is 2.00 bits per heavy atom. The van der Waals surface area contributed by atoms with Gasteiger partial charge in [0.1, 0.15) is 11.9 Å². The molecule has 2 rings (SSSR count). The maximum Gasteiger partial charge on any atom is 0.387 e. The lowest BCUT2D eigenvalue weighted by Gasteiger charge is -2.05. The molecule has 0 amide bonds. The van der Waals surface area contributed by atoms with E-state index in [9.17, 15) is 23.7 Å². The third kappa shape index (κ3) is 5.07. The number of benzene rings is 1. The molecule has 1 heterocycles. The molecule has 26 heavy (non-hydrogen) atoms. The van der Waals surface area contributed by atoms with Crippen molar-refractivity contribution in [3.8, 4) is 5.75 Å². The molecule has 1 aromatic heterocycles. The summed E-state index contributed by atoms with van der Waals surface area (Å²) < 4.78 is 33.4. The lowest BCUT2D eigenvalue weighted by atomic mass is 10.1. The number of pyridine rings is 1. The summed E-state index contributed by atoms with van der Waals surface area (Å²) in [6, 6.07) is 6.88. The van der Waals surface area contributed by atoms with E-state index in [1.165, 1.54) is 30.3 Å². The standard InChI is InChI=1S/C17H14F2N2O5/c1-2-25-16(22)14-9-12(21(23)24)10-20-15(14)8-5-11-3-6-13(7-4-11)26-17(18)19/h3-10,17H,2H2,1H3/b8-5+. The fraction of sp³-hybridized carbons (Fsp3) is 0.176. The molecule has 0 aliphatic rings. The summed E-state index contributed by atoms with van der Waals surface area (Å²) in [6.45, 7) is -1.19. The predicted octanol–water partition coefficient (Wildman–Crippen LogP) is 3.94. The number of nitrogens with zero attached hydrogens (tertiary/aromatic N) is 2. The van der Waals surface area contributed by atoms with Crippen LogP contribution in [0, 0.1) is 10.1 Å². The fourth-order valence-electron chi connectivity index (χ4n) is 2.00. The summed E-state index contributed by atoms with van der Waals surface area (Å²) in [7, 11) is 0. The van der Waals surface area contributed by atoms with Crippen molar-refractivity contribution in [3.63, 3.8) is 0 Å². The van der Waals surface area contributed by atoms with E-state index in [0.717, 1.165) is 12.3 Å². The maximum absolute atomic E-state index is 12.1. The highest BCUT2D eigenvalue weighted by Crippen LogP contribution is 2.20. The van der Waals surface area contributed by atoms with Gasteiger partial charge in [0.15, 0.2) is 0 Å². The number of hydrogen-bond acceptors (Lipinski definition) is 6. The van der Waals surface area contributed by atoms with Crippen molar-refractivity contribution in [3.05, 3.63) is 63.5 Å². The Balaban J connectivity index is 2.28. The van der Waals surface area contributed by atoms with Crippen LogP contribution in [0.4, 0.5) is 14.5 Å². The van der Waals surface area contributed by atoms with E-state index in [1.807, 2.05) is 0 Å². The molecule has 7 nitrogen and oxygen atoms in total. The van der Waals surface area contributed by atoms with E-state index in [1.54, 1.807) is 13.0 Å². The van der Waals surface area contributed by atoms with Gasteiger partial charge in [-0.2, -0.15) is 8.78 Å². The third-order valence-electron chi connectivity index (χ3n) is 3.15. The van der Waals surface area contributed by atoms with Crippen LogP contribution in [-0.2, 0) is 4.74 Å². The molecule has 0 saturated heterocycles. The molecule has 0 N–H and O–H groups in total. The largest absolute Gasteiger partial charge is 0.462 e. The molecule has 0 radical (unpaired) electrons. The molecular weight excluding hydrogens is 350 g/mol. The van der Waals surface area contributed by atoms with Gasteiger partial charge in [-0.05, 0) is 30.7 Å². The average Bonchev–Trinajstić information content (AvgIpc) is 2.60. The van der Waals surface area contributed by atoms with Crippen LogP contribution in [0.3, 0.4) is 0 Å². The highest BCUT2D eigenvalue weighted by Gasteiger charge is 2.17. The second kappa shape index (κ2) is 8.65. The Kier molecular flexibility index (Phi) is 6.31. The molecule has 0 unspecified atom stereocenters. The van der Waals surface area contributed by atoms with Crippen molar-refractivity contribution < 1.29 is 28.0 Å². The summed E-state index contributed by atoms with van der Waals surface area (Å²) in [5.41, 5.74) is 0.428. The van der Waals surface area contributed by atoms with Gasteiger partial charge in [-0.15, -0.1) is 0 Å². The van der Waals surface area contributed by atoms with Crippen molar-refractivity contribution in [2.24, 2.45) is 0 Å². The van der Waals surface area contributed by atoms with Crippen molar-refractivity contribution in [2.75, 3.05) is 6.61 Å². The number of hydrogen-bond donors (Lipinski definition) is 0. The first-order valence-corrected chi connectivity index (χ1v) is 7.45. The summed E-state index contributed by atoms with van der Waals surface area (Å²) in [4.78, 5) is 26.1. The molecule has 9 heteroatoms. The molecule has 0 saturated carbocycles. The number of alkyl halides is 2. The predicted molar refractivity (Wildman–Crippen MR) is 88.8 cm³/mol. The van der Waals surface area contributed by atoms with Gasteiger partial charge in [0, 0.05) is 6.07 Å². The van der Waals surface area contributed by atoms with Crippen molar-refractivity contribution >= 4 is 23.8 Å². The Morgan fingerprint density at radius 3 is 2.58 bits per heavy atom. The zero-order valence-corrected chi connectivity index (χ0v) is 13.6. The van der Waals surface area contributed by atoms with Gasteiger partial charge in [0.25, 0.3) is 5.69 Å². The van der Waals surface area contributed by atoms with Crippen molar-refractivity contribution in [1.29, 1.82) is 0 Å². The molecular formula is C17H14F2N2O5. The van der Waals surface area contributed by atoms with E-state index in [2.05, 4.69) is 9.72 Å². The number of carbonyl (C=O) groups is 1. The first kappa shape index (κ1) is 19.0. The molecule has 1 aromatic carbocycles. The molecule has 0 fully saturated rings. The van der Waals surface area contributed by atoms with Crippen LogP contribution in [0.15, 0.2) is 36.5 Å². The molecule has 2 aromatic rings. The van der Waals surface area contributed by atoms with Crippen LogP contribution in [-0.4, -0.2) is 29.1 Å². The fourth-order valence-corrected chi connectivity index (χ4v) is 2.00. The van der Waals surface area contributed by atoms with Crippen molar-refractivity contribution in [2.45, 2.75) is 13.5 Å². The summed E-state index contributed by atoms with van der Waals surface area (Å²) in [6.07, 6.45) is 4.07. The van der Waals surface area contributed by atoms with E-state index < -0.39 is 17.5 Å². The summed E-state index contributed by atoms with van der Waals surface area (Å²) in [5.74, 6) is -0.721. The monoisotopic (exact) mass is 364 g/mol. The Bertz CT molecular complexity index is 822. The van der Waals surface area contributed by atoms with Crippen LogP contribution in [0.5, 0.6) is 5.75 Å². The van der Waals surface area contributed by atoms with Crippen LogP contribution in [0.1, 0.15) is 28.5 Å². The van der Waals surface area contributed by atoms with Gasteiger partial charge in [-0.25, -0.2) is 9.78 Å². The van der Waals surface area contributed by atoms with Crippen molar-refractivity contribution in [1.82, 2.24) is 4.98 Å². The van der Waals surface area contributed by atoms with Gasteiger partial charge >= 0.3 is 12.6 Å². The van der Waals surface area contributed by atoms with E-state index >= 15 is 0 Å². The van der Waals surface area contributed by atoms with E-state index in [4.69, 9.17) is 4.74 Å². The van der Waals surface area contributed by atoms with Crippen LogP contribution in [0.25, 0.3) is 12.2 Å². The molecule has 0 atom stereocenters. The topological polar surface area (TPSA) is 91.6 Å². The SMILES string of the molecule is CCOC(=O)c1cc([N+](=O)[O-])cnc1/C=C/c1ccc(OC(F)F)cc1. The lowest BCUT2D eigenvalue weighted by Crippen LogP contribution is -2.08. The molecule has 0 bridgehead atoms. The molecule has 0 spiro atoms. The first-order chi connectivity index (χ1) is 12.4. The number of nitro groups is 1. The smallest absolute Gasteiger partial charge is 0.387 e. The van der Waals surface area contributed by atoms with Crippen LogP contribution in [0.2, 0.25) is 0 Å². The Labute approximate surface area is 147 Å². The second-order valence-corrected chi connectivity index (χ2v) is 4.88. The van der Waals surface area contributed by atoms with Crippen LogP contribution < -0.4 is 4.74 Å². The zero-order chi connectivity index (χ0) is 19.1. The molecule has 136 valence electrons. The number of ether oxygens (including phenoxy) is 2. The quantitative estimate of drug-likeness (QED) is 0.420. The lowest BCUT2D eigenvalue weighted by molar-refractivity contribution is -0.385. The Hall–Kier alpha value is -3.36. The average molecular weight is 364 g/mol. The normalized spacial score (nSPS) is 10.9. The molecule has 0 aliphatic carbocycles. The highest BCUT2D eigenvalue weighted by atomic mass is 19.3. The number of carbonyl (C=O) groups excluding carboxylic acids is 1. The number of rotatable bonds is 7. The number of halogens is 2. The summed E-state index contributed by atoms with van der Waals surface area (Å²) >= 11 is 0. The number of aromatic nitrogens is 1. The van der Waals surface area contributed by atoms with Gasteiger partial charge in [-0.1, -0.05) is 18.2 Å². The third-order valence-corrected chi connectivity index (χ3v) is 3.15. The maximum atomic E-state index is 12.1. The number of esters is 1. The minimum Gasteiger partial charge on any atom is -0.462 e. The minimum atomic E-state index is -2.91.